The van der Waals surface area contributed by atoms with E-state index in [4.69, 9.17) is 9.47 Å². The van der Waals surface area contributed by atoms with Crippen molar-refractivity contribution in [3.05, 3.63) is 0 Å². The molecule has 0 aromatic rings. The molecule has 160 valence electrons. The van der Waals surface area contributed by atoms with Gasteiger partial charge in [-0.05, 0) is 19.3 Å². The lowest BCUT2D eigenvalue weighted by Crippen LogP contribution is -2.36. The van der Waals surface area contributed by atoms with Crippen molar-refractivity contribution in [2.24, 2.45) is 0 Å². The van der Waals surface area contributed by atoms with Crippen LogP contribution in [0.15, 0.2) is 0 Å². The Bertz CT molecular complexity index is 352. The topological polar surface area (TPSA) is 38.7 Å². The van der Waals surface area contributed by atoms with Crippen LogP contribution in [-0.4, -0.2) is 29.7 Å². The second kappa shape index (κ2) is 14.0. The summed E-state index contributed by atoms with van der Waals surface area (Å²) in [6.07, 6.45) is 23.9. The van der Waals surface area contributed by atoms with E-state index in [0.717, 1.165) is 25.7 Å². The Balaban J connectivity index is 1.37. The van der Waals surface area contributed by atoms with E-state index in [0.29, 0.717) is 6.61 Å². The molecule has 3 nitrogen and oxygen atoms in total. The second-order valence-corrected chi connectivity index (χ2v) is 9.04. The number of aliphatic hydroxyl groups is 1. The molecule has 2 rings (SSSR count). The predicted molar refractivity (Wildman–Crippen MR) is 113 cm³/mol. The van der Waals surface area contributed by atoms with Gasteiger partial charge in [-0.25, -0.2) is 0 Å². The molecular weight excluding hydrogens is 336 g/mol. The molecule has 1 spiro atoms. The normalized spacial score (nSPS) is 23.1. The highest BCUT2D eigenvalue weighted by Crippen LogP contribution is 2.38. The van der Waals surface area contributed by atoms with Crippen molar-refractivity contribution in [2.45, 2.75) is 147 Å². The summed E-state index contributed by atoms with van der Waals surface area (Å²) in [6, 6.07) is 0. The fourth-order valence-electron chi connectivity index (χ4n) is 4.68. The van der Waals surface area contributed by atoms with Gasteiger partial charge >= 0.3 is 0 Å². The molecule has 1 aliphatic carbocycles. The van der Waals surface area contributed by atoms with Crippen LogP contribution in [0.3, 0.4) is 0 Å². The maximum atomic E-state index is 10.4. The van der Waals surface area contributed by atoms with Crippen LogP contribution in [0.1, 0.15) is 129 Å². The van der Waals surface area contributed by atoms with Gasteiger partial charge in [-0.3, -0.25) is 0 Å². The summed E-state index contributed by atoms with van der Waals surface area (Å²) in [6.45, 7) is 2.86. The lowest BCUT2D eigenvalue weighted by Gasteiger charge is -2.32. The van der Waals surface area contributed by atoms with Crippen LogP contribution in [0.25, 0.3) is 0 Å². The highest BCUT2D eigenvalue weighted by atomic mass is 16.7. The zero-order valence-corrected chi connectivity index (χ0v) is 18.1. The van der Waals surface area contributed by atoms with Crippen LogP contribution in [0.4, 0.5) is 0 Å². The van der Waals surface area contributed by atoms with E-state index in [9.17, 15) is 5.11 Å². The SMILES string of the molecule is CCCCCCCCCCCCCCC[C@@H](O)[C@H]1COC2(CCCCC2)O1. The molecule has 1 saturated heterocycles. The summed E-state index contributed by atoms with van der Waals surface area (Å²) in [4.78, 5) is 0. The second-order valence-electron chi connectivity index (χ2n) is 9.04. The van der Waals surface area contributed by atoms with Crippen molar-refractivity contribution in [3.63, 3.8) is 0 Å². The zero-order chi connectivity index (χ0) is 19.2. The molecule has 2 fully saturated rings. The first-order valence-corrected chi connectivity index (χ1v) is 12.3. The third-order valence-electron chi connectivity index (χ3n) is 6.52. The van der Waals surface area contributed by atoms with Crippen molar-refractivity contribution >= 4 is 0 Å². The average molecular weight is 383 g/mol. The molecule has 27 heavy (non-hydrogen) atoms. The standard InChI is InChI=1S/C24H46O3/c1-2-3-4-5-6-7-8-9-10-11-12-13-15-18-22(25)23-21-26-24(27-23)19-16-14-17-20-24/h22-23,25H,2-21H2,1H3/t22-,23-/m1/s1. The maximum absolute atomic E-state index is 10.4. The summed E-state index contributed by atoms with van der Waals surface area (Å²) in [5.74, 6) is -0.347. The van der Waals surface area contributed by atoms with Crippen molar-refractivity contribution in [3.8, 4) is 0 Å². The van der Waals surface area contributed by atoms with Gasteiger partial charge in [-0.1, -0.05) is 96.8 Å². The van der Waals surface area contributed by atoms with E-state index in [2.05, 4.69) is 6.92 Å². The van der Waals surface area contributed by atoms with E-state index >= 15 is 0 Å². The average Bonchev–Trinajstić information content (AvgIpc) is 3.09. The van der Waals surface area contributed by atoms with Gasteiger partial charge in [0, 0.05) is 12.8 Å². The quantitative estimate of drug-likeness (QED) is 0.313. The molecule has 3 heteroatoms. The molecule has 0 bridgehead atoms. The first-order chi connectivity index (χ1) is 13.3. The number of rotatable bonds is 15. The van der Waals surface area contributed by atoms with Gasteiger partial charge in [0.1, 0.15) is 6.10 Å². The summed E-state index contributed by atoms with van der Waals surface area (Å²) in [5.41, 5.74) is 0. The van der Waals surface area contributed by atoms with Crippen LogP contribution >= 0.6 is 0 Å². The molecule has 0 unspecified atom stereocenters. The highest BCUT2D eigenvalue weighted by molar-refractivity contribution is 4.85. The fraction of sp³-hybridized carbons (Fsp3) is 1.00. The van der Waals surface area contributed by atoms with E-state index in [1.54, 1.807) is 0 Å². The van der Waals surface area contributed by atoms with Crippen LogP contribution in [0.5, 0.6) is 0 Å². The molecule has 0 aromatic carbocycles. The summed E-state index contributed by atoms with van der Waals surface area (Å²) < 4.78 is 12.1. The first-order valence-electron chi connectivity index (χ1n) is 12.3. The number of unbranched alkanes of at least 4 members (excludes halogenated alkanes) is 12. The van der Waals surface area contributed by atoms with Gasteiger partial charge in [-0.15, -0.1) is 0 Å². The highest BCUT2D eigenvalue weighted by Gasteiger charge is 2.44. The molecule has 1 saturated carbocycles. The Morgan fingerprint density at radius 3 is 1.85 bits per heavy atom. The Morgan fingerprint density at radius 1 is 0.778 bits per heavy atom. The van der Waals surface area contributed by atoms with Crippen LogP contribution in [0.2, 0.25) is 0 Å². The third-order valence-corrected chi connectivity index (χ3v) is 6.52. The monoisotopic (exact) mass is 382 g/mol. The minimum atomic E-state index is -0.348. The van der Waals surface area contributed by atoms with Crippen molar-refractivity contribution in [1.29, 1.82) is 0 Å². The summed E-state index contributed by atoms with van der Waals surface area (Å²) in [7, 11) is 0. The summed E-state index contributed by atoms with van der Waals surface area (Å²) in [5, 5.41) is 10.4. The smallest absolute Gasteiger partial charge is 0.169 e. The molecule has 1 heterocycles. The van der Waals surface area contributed by atoms with E-state index in [1.807, 2.05) is 0 Å². The minimum absolute atomic E-state index is 0.0968. The van der Waals surface area contributed by atoms with E-state index in [1.165, 1.54) is 96.3 Å². The maximum Gasteiger partial charge on any atom is 0.169 e. The van der Waals surface area contributed by atoms with Crippen molar-refractivity contribution in [1.82, 2.24) is 0 Å². The van der Waals surface area contributed by atoms with Crippen LogP contribution in [-0.2, 0) is 9.47 Å². The molecule has 1 aliphatic heterocycles. The van der Waals surface area contributed by atoms with Crippen molar-refractivity contribution < 1.29 is 14.6 Å². The van der Waals surface area contributed by atoms with Crippen LogP contribution < -0.4 is 0 Å². The van der Waals surface area contributed by atoms with E-state index in [-0.39, 0.29) is 18.0 Å². The van der Waals surface area contributed by atoms with Crippen molar-refractivity contribution in [2.75, 3.05) is 6.61 Å². The molecular formula is C24H46O3. The number of ether oxygens (including phenoxy) is 2. The zero-order valence-electron chi connectivity index (χ0n) is 18.1. The van der Waals surface area contributed by atoms with Gasteiger partial charge < -0.3 is 14.6 Å². The molecule has 0 amide bonds. The van der Waals surface area contributed by atoms with Gasteiger partial charge in [0.15, 0.2) is 5.79 Å². The lowest BCUT2D eigenvalue weighted by atomic mass is 9.94. The Labute approximate surface area is 168 Å². The predicted octanol–water partition coefficient (Wildman–Crippen LogP) is 6.90. The lowest BCUT2D eigenvalue weighted by molar-refractivity contribution is -0.195. The molecule has 1 N–H and O–H groups in total. The summed E-state index contributed by atoms with van der Waals surface area (Å²) >= 11 is 0. The van der Waals surface area contributed by atoms with E-state index < -0.39 is 0 Å². The molecule has 0 aromatic heterocycles. The van der Waals surface area contributed by atoms with Gasteiger partial charge in [0.2, 0.25) is 0 Å². The van der Waals surface area contributed by atoms with Gasteiger partial charge in [0.05, 0.1) is 12.7 Å². The first kappa shape index (κ1) is 23.2. The molecule has 2 aliphatic rings. The Kier molecular flexibility index (Phi) is 12.0. The Hall–Kier alpha value is -0.120. The minimum Gasteiger partial charge on any atom is -0.390 e. The van der Waals surface area contributed by atoms with Gasteiger partial charge in [0.25, 0.3) is 0 Å². The van der Waals surface area contributed by atoms with Crippen LogP contribution in [0, 0.1) is 0 Å². The largest absolute Gasteiger partial charge is 0.390 e. The fourth-order valence-corrected chi connectivity index (χ4v) is 4.68. The third kappa shape index (κ3) is 9.28. The number of hydrogen-bond acceptors (Lipinski definition) is 3. The van der Waals surface area contributed by atoms with Gasteiger partial charge in [-0.2, -0.15) is 0 Å². The molecule has 0 radical (unpaired) electrons. The molecule has 2 atom stereocenters. The number of hydrogen-bond donors (Lipinski definition) is 1. The number of aliphatic hydroxyl groups excluding tert-OH is 1. The Morgan fingerprint density at radius 2 is 1.30 bits per heavy atom.